The molecule has 0 amide bonds. The van der Waals surface area contributed by atoms with Gasteiger partial charge < -0.3 is 14.6 Å². The molecule has 1 atom stereocenters. The second-order valence-corrected chi connectivity index (χ2v) is 6.23. The van der Waals surface area contributed by atoms with E-state index in [1.807, 2.05) is 6.92 Å². The number of ether oxygens (including phenoxy) is 1. The zero-order chi connectivity index (χ0) is 20.5. The predicted octanol–water partition coefficient (Wildman–Crippen LogP) is 2.20. The molecule has 0 fully saturated rings. The van der Waals surface area contributed by atoms with Gasteiger partial charge in [-0.2, -0.15) is 13.9 Å². The van der Waals surface area contributed by atoms with Crippen LogP contribution >= 0.6 is 0 Å². The van der Waals surface area contributed by atoms with Crippen LogP contribution in [-0.2, 0) is 7.05 Å². The Hall–Kier alpha value is -3.83. The third kappa shape index (κ3) is 3.63. The fourth-order valence-electron chi connectivity index (χ4n) is 2.89. The Balaban J connectivity index is 1.65. The van der Waals surface area contributed by atoms with E-state index in [0.717, 1.165) is 0 Å². The number of aryl methyl sites for hydroxylation is 1. The van der Waals surface area contributed by atoms with Gasteiger partial charge in [0.25, 0.3) is 5.56 Å². The maximum atomic E-state index is 12.4. The van der Waals surface area contributed by atoms with Gasteiger partial charge in [-0.25, -0.2) is 14.6 Å². The first kappa shape index (κ1) is 18.5. The average molecular weight is 402 g/mol. The molecular formula is C17H16F2N8O2. The van der Waals surface area contributed by atoms with Crippen molar-refractivity contribution in [1.82, 2.24) is 34.5 Å². The summed E-state index contributed by atoms with van der Waals surface area (Å²) in [7, 11) is 1.68. The minimum Gasteiger partial charge on any atom is -0.415 e. The van der Waals surface area contributed by atoms with Gasteiger partial charge in [-0.1, -0.05) is 0 Å². The molecule has 0 unspecified atom stereocenters. The zero-order valence-corrected chi connectivity index (χ0v) is 15.4. The molecule has 4 rings (SSSR count). The predicted molar refractivity (Wildman–Crippen MR) is 99.3 cm³/mol. The Morgan fingerprint density at radius 1 is 1.31 bits per heavy atom. The quantitative estimate of drug-likeness (QED) is 0.508. The van der Waals surface area contributed by atoms with E-state index in [1.54, 1.807) is 36.3 Å². The van der Waals surface area contributed by atoms with E-state index in [-0.39, 0.29) is 17.5 Å². The molecule has 2 N–H and O–H groups in total. The van der Waals surface area contributed by atoms with Gasteiger partial charge in [0.1, 0.15) is 11.3 Å². The number of alkyl halides is 2. The average Bonchev–Trinajstić information content (AvgIpc) is 3.29. The highest BCUT2D eigenvalue weighted by molar-refractivity contribution is 5.72. The van der Waals surface area contributed by atoms with Crippen LogP contribution in [0.25, 0.3) is 11.2 Å². The fourth-order valence-corrected chi connectivity index (χ4v) is 2.89. The highest BCUT2D eigenvalue weighted by Gasteiger charge is 2.18. The van der Waals surface area contributed by atoms with Crippen LogP contribution in [0, 0.1) is 0 Å². The number of pyridine rings is 1. The first-order chi connectivity index (χ1) is 13.9. The van der Waals surface area contributed by atoms with E-state index in [0.29, 0.717) is 28.4 Å². The van der Waals surface area contributed by atoms with Crippen molar-refractivity contribution in [3.8, 4) is 5.88 Å². The van der Waals surface area contributed by atoms with E-state index in [4.69, 9.17) is 0 Å². The molecule has 0 aliphatic carbocycles. The molecule has 0 aromatic carbocycles. The van der Waals surface area contributed by atoms with Crippen molar-refractivity contribution in [3.63, 3.8) is 0 Å². The van der Waals surface area contributed by atoms with Gasteiger partial charge in [0.15, 0.2) is 11.5 Å². The summed E-state index contributed by atoms with van der Waals surface area (Å²) < 4.78 is 31.8. The minimum absolute atomic E-state index is 0.130. The summed E-state index contributed by atoms with van der Waals surface area (Å²) in [6.45, 7) is -1.13. The van der Waals surface area contributed by atoms with Crippen LogP contribution in [-0.4, -0.2) is 41.1 Å². The zero-order valence-electron chi connectivity index (χ0n) is 15.4. The van der Waals surface area contributed by atoms with Crippen molar-refractivity contribution in [1.29, 1.82) is 0 Å². The van der Waals surface area contributed by atoms with Gasteiger partial charge in [0, 0.05) is 24.9 Å². The summed E-state index contributed by atoms with van der Waals surface area (Å²) in [5.41, 5.74) is 1.43. The number of hydrogen-bond acceptors (Lipinski definition) is 7. The van der Waals surface area contributed by atoms with Gasteiger partial charge >= 0.3 is 6.61 Å². The number of nitrogens with zero attached hydrogens (tertiary/aromatic N) is 6. The van der Waals surface area contributed by atoms with Crippen molar-refractivity contribution < 1.29 is 13.5 Å². The molecule has 150 valence electrons. The molecule has 10 nitrogen and oxygen atoms in total. The lowest BCUT2D eigenvalue weighted by Crippen LogP contribution is -2.24. The van der Waals surface area contributed by atoms with Crippen molar-refractivity contribution in [2.75, 3.05) is 5.32 Å². The number of fused-ring (bicyclic) bond motifs is 1. The molecule has 4 aromatic heterocycles. The summed E-state index contributed by atoms with van der Waals surface area (Å²) in [6.07, 6.45) is 4.70. The van der Waals surface area contributed by atoms with Gasteiger partial charge in [-0.3, -0.25) is 9.89 Å². The second kappa shape index (κ2) is 7.30. The lowest BCUT2D eigenvalue weighted by atomic mass is 10.1. The van der Waals surface area contributed by atoms with Crippen LogP contribution in [0.5, 0.6) is 5.88 Å². The number of aromatic amines is 1. The summed E-state index contributed by atoms with van der Waals surface area (Å²) in [5, 5.41) is 13.3. The number of nitrogens with one attached hydrogen (secondary N) is 2. The molecule has 0 aliphatic heterocycles. The largest absolute Gasteiger partial charge is 0.415 e. The first-order valence-electron chi connectivity index (χ1n) is 8.55. The molecule has 0 saturated heterocycles. The number of H-pyrrole nitrogens is 1. The molecule has 0 bridgehead atoms. The highest BCUT2D eigenvalue weighted by Crippen LogP contribution is 2.22. The van der Waals surface area contributed by atoms with Gasteiger partial charge in [0.2, 0.25) is 5.88 Å². The number of aromatic nitrogens is 7. The Bertz CT molecular complexity index is 1220. The summed E-state index contributed by atoms with van der Waals surface area (Å²) in [5.74, 6) is 0.375. The SMILES string of the molecule is C[C@H](c1cccn(C)c1=O)n1ncc2ncc(Nc3cc(OC(F)F)n[nH]3)nc21. The lowest BCUT2D eigenvalue weighted by molar-refractivity contribution is -0.0528. The Morgan fingerprint density at radius 3 is 2.93 bits per heavy atom. The van der Waals surface area contributed by atoms with Crippen LogP contribution in [0.15, 0.2) is 41.6 Å². The molecule has 0 spiro atoms. The molecular weight excluding hydrogens is 386 g/mol. The summed E-state index contributed by atoms with van der Waals surface area (Å²) in [6, 6.07) is 4.42. The Kier molecular flexibility index (Phi) is 4.66. The van der Waals surface area contributed by atoms with E-state index >= 15 is 0 Å². The number of hydrogen-bond donors (Lipinski definition) is 2. The topological polar surface area (TPSA) is 116 Å². The molecule has 4 heterocycles. The smallest absolute Gasteiger partial charge is 0.388 e. The molecule has 0 saturated carbocycles. The number of anilines is 2. The van der Waals surface area contributed by atoms with Crippen molar-refractivity contribution in [3.05, 3.63) is 52.7 Å². The van der Waals surface area contributed by atoms with Gasteiger partial charge in [0.05, 0.1) is 18.4 Å². The third-order valence-corrected chi connectivity index (χ3v) is 4.30. The molecule has 12 heteroatoms. The summed E-state index contributed by atoms with van der Waals surface area (Å²) >= 11 is 0. The van der Waals surface area contributed by atoms with Gasteiger partial charge in [-0.05, 0) is 19.1 Å². The maximum absolute atomic E-state index is 12.4. The molecule has 0 radical (unpaired) electrons. The molecule has 0 aliphatic rings. The van der Waals surface area contributed by atoms with E-state index in [1.165, 1.54) is 16.8 Å². The number of halogens is 2. The Labute approximate surface area is 162 Å². The van der Waals surface area contributed by atoms with Crippen LogP contribution in [0.2, 0.25) is 0 Å². The molecule has 29 heavy (non-hydrogen) atoms. The third-order valence-electron chi connectivity index (χ3n) is 4.30. The van der Waals surface area contributed by atoms with Crippen LogP contribution in [0.1, 0.15) is 18.5 Å². The maximum Gasteiger partial charge on any atom is 0.388 e. The van der Waals surface area contributed by atoms with Crippen molar-refractivity contribution in [2.45, 2.75) is 19.6 Å². The second-order valence-electron chi connectivity index (χ2n) is 6.23. The fraction of sp³-hybridized carbons (Fsp3) is 0.235. The lowest BCUT2D eigenvalue weighted by Gasteiger charge is -2.13. The van der Waals surface area contributed by atoms with Crippen LogP contribution < -0.4 is 15.6 Å². The Morgan fingerprint density at radius 2 is 2.14 bits per heavy atom. The van der Waals surface area contributed by atoms with Crippen LogP contribution in [0.4, 0.5) is 20.4 Å². The monoisotopic (exact) mass is 402 g/mol. The summed E-state index contributed by atoms with van der Waals surface area (Å²) in [4.78, 5) is 21.2. The first-order valence-corrected chi connectivity index (χ1v) is 8.55. The van der Waals surface area contributed by atoms with Crippen molar-refractivity contribution in [2.24, 2.45) is 7.05 Å². The van der Waals surface area contributed by atoms with E-state index in [9.17, 15) is 13.6 Å². The van der Waals surface area contributed by atoms with E-state index < -0.39 is 6.61 Å². The van der Waals surface area contributed by atoms with Gasteiger partial charge in [-0.15, -0.1) is 5.10 Å². The van der Waals surface area contributed by atoms with E-state index in [2.05, 4.69) is 35.3 Å². The minimum atomic E-state index is -2.97. The normalized spacial score (nSPS) is 12.4. The van der Waals surface area contributed by atoms with Crippen molar-refractivity contribution >= 4 is 22.8 Å². The molecule has 4 aromatic rings. The number of rotatable bonds is 6. The standard InChI is InChI=1S/C17H16F2N8O2/c1-9(10-4-3-5-26(2)16(10)28)27-15-11(7-21-27)20-8-13(23-15)22-12-6-14(25-24-12)29-17(18)19/h3-9,17H,1-2H3,(H2,22,23,24,25)/t9-/m1/s1. The highest BCUT2D eigenvalue weighted by atomic mass is 19.3. The van der Waals surface area contributed by atoms with Crippen LogP contribution in [0.3, 0.4) is 0 Å².